The van der Waals surface area contributed by atoms with Crippen molar-refractivity contribution < 1.29 is 19.1 Å². The minimum Gasteiger partial charge on any atom is -0.341 e. The van der Waals surface area contributed by atoms with Crippen LogP contribution in [0.25, 0.3) is 0 Å². The summed E-state index contributed by atoms with van der Waals surface area (Å²) in [5.41, 5.74) is -0.865. The number of carbonyl (C=O) groups is 2. The van der Waals surface area contributed by atoms with Crippen molar-refractivity contribution in [2.75, 3.05) is 0 Å². The van der Waals surface area contributed by atoms with Gasteiger partial charge in [-0.15, -0.1) is 0 Å². The summed E-state index contributed by atoms with van der Waals surface area (Å²) in [7, 11) is -1.97. The van der Waals surface area contributed by atoms with Crippen LogP contribution >= 0.6 is 0 Å². The SMILES string of the molecule is CC1(C)OC2C3=C([Si](C)(C)C)C(=O)C[C@@H]3C[C@]3(C#N)C(=O)C[C@H]4[C@@H]([C@H]3[C@]2(C)O1)C4(C)C. The molecule has 168 valence electrons. The van der Waals surface area contributed by atoms with Gasteiger partial charge in [-0.1, -0.05) is 33.5 Å². The zero-order valence-corrected chi connectivity index (χ0v) is 21.1. The van der Waals surface area contributed by atoms with E-state index in [1.54, 1.807) is 0 Å². The van der Waals surface area contributed by atoms with E-state index in [0.717, 1.165) is 10.8 Å². The second kappa shape index (κ2) is 5.79. The van der Waals surface area contributed by atoms with Crippen LogP contribution in [0.5, 0.6) is 0 Å². The molecular weight excluding hydrogens is 406 g/mol. The highest BCUT2D eigenvalue weighted by molar-refractivity contribution is 6.87. The van der Waals surface area contributed by atoms with E-state index >= 15 is 0 Å². The Morgan fingerprint density at radius 3 is 2.29 bits per heavy atom. The summed E-state index contributed by atoms with van der Waals surface area (Å²) in [6, 6.07) is 2.54. The van der Waals surface area contributed by atoms with Gasteiger partial charge in [-0.25, -0.2) is 0 Å². The van der Waals surface area contributed by atoms with Crippen molar-refractivity contribution in [1.82, 2.24) is 0 Å². The molecule has 1 unspecified atom stereocenters. The van der Waals surface area contributed by atoms with E-state index < -0.39 is 24.9 Å². The number of ether oxygens (including phenoxy) is 2. The van der Waals surface area contributed by atoms with E-state index in [9.17, 15) is 14.9 Å². The van der Waals surface area contributed by atoms with Crippen LogP contribution in [0.4, 0.5) is 0 Å². The van der Waals surface area contributed by atoms with Gasteiger partial charge in [-0.2, -0.15) is 5.26 Å². The highest BCUT2D eigenvalue weighted by Crippen LogP contribution is 2.75. The van der Waals surface area contributed by atoms with Crippen LogP contribution in [0, 0.1) is 45.8 Å². The Morgan fingerprint density at radius 1 is 1.06 bits per heavy atom. The van der Waals surface area contributed by atoms with E-state index in [0.29, 0.717) is 25.2 Å². The normalized spacial score (nSPS) is 47.1. The van der Waals surface area contributed by atoms with Gasteiger partial charge in [0.25, 0.3) is 0 Å². The van der Waals surface area contributed by atoms with E-state index in [4.69, 9.17) is 9.47 Å². The summed E-state index contributed by atoms with van der Waals surface area (Å²) in [5, 5.41) is 11.6. The summed E-state index contributed by atoms with van der Waals surface area (Å²) >= 11 is 0. The molecule has 4 aliphatic carbocycles. The molecule has 7 atom stereocenters. The topological polar surface area (TPSA) is 76.4 Å². The molecule has 1 heterocycles. The first-order valence-corrected chi connectivity index (χ1v) is 15.2. The van der Waals surface area contributed by atoms with Crippen LogP contribution in [0.15, 0.2) is 10.8 Å². The fraction of sp³-hybridized carbons (Fsp3) is 0.800. The first kappa shape index (κ1) is 21.5. The molecule has 5 rings (SSSR count). The Kier molecular flexibility index (Phi) is 4.02. The number of nitriles is 1. The van der Waals surface area contributed by atoms with Gasteiger partial charge in [0.1, 0.15) is 17.1 Å². The van der Waals surface area contributed by atoms with Gasteiger partial charge in [-0.05, 0) is 61.1 Å². The van der Waals surface area contributed by atoms with Crippen LogP contribution in [-0.2, 0) is 19.1 Å². The summed E-state index contributed by atoms with van der Waals surface area (Å²) in [5.74, 6) is -0.385. The minimum atomic E-state index is -1.97. The molecule has 0 radical (unpaired) electrons. The number of nitrogens with zero attached hydrogens (tertiary/aromatic N) is 1. The zero-order chi connectivity index (χ0) is 22.9. The van der Waals surface area contributed by atoms with Gasteiger partial charge >= 0.3 is 0 Å². The first-order valence-electron chi connectivity index (χ1n) is 11.7. The fourth-order valence-corrected chi connectivity index (χ4v) is 10.3. The molecule has 5 nitrogen and oxygen atoms in total. The molecule has 1 aliphatic heterocycles. The molecular formula is C25H35NO4Si. The zero-order valence-electron chi connectivity index (χ0n) is 20.1. The van der Waals surface area contributed by atoms with Crippen molar-refractivity contribution in [2.24, 2.45) is 34.5 Å². The van der Waals surface area contributed by atoms with Crippen LogP contribution in [0.3, 0.4) is 0 Å². The highest BCUT2D eigenvalue weighted by atomic mass is 28.3. The molecule has 0 aromatic rings. The Balaban J connectivity index is 1.81. The second-order valence-corrected chi connectivity index (χ2v) is 17.9. The highest BCUT2D eigenvalue weighted by Gasteiger charge is 2.78. The molecule has 0 amide bonds. The third-order valence-electron chi connectivity index (χ3n) is 9.18. The van der Waals surface area contributed by atoms with Crippen LogP contribution < -0.4 is 0 Å². The van der Waals surface area contributed by atoms with Gasteiger partial charge in [0.2, 0.25) is 0 Å². The van der Waals surface area contributed by atoms with E-state index in [2.05, 4.69) is 46.5 Å². The fourth-order valence-electron chi connectivity index (χ4n) is 8.14. The third kappa shape index (κ3) is 2.54. The Bertz CT molecular complexity index is 982. The predicted octanol–water partition coefficient (Wildman–Crippen LogP) is 4.43. The first-order chi connectivity index (χ1) is 14.1. The molecule has 3 saturated carbocycles. The number of Topliss-reactive ketones (excluding diaryl/α,β-unsaturated/α-hetero) is 2. The number of rotatable bonds is 1. The second-order valence-electron chi connectivity index (χ2n) is 12.9. The van der Waals surface area contributed by atoms with Crippen molar-refractivity contribution >= 4 is 19.6 Å². The molecule has 31 heavy (non-hydrogen) atoms. The van der Waals surface area contributed by atoms with Gasteiger partial charge in [0.15, 0.2) is 17.4 Å². The van der Waals surface area contributed by atoms with Crippen molar-refractivity contribution in [3.8, 4) is 6.07 Å². The monoisotopic (exact) mass is 441 g/mol. The molecule has 1 saturated heterocycles. The largest absolute Gasteiger partial charge is 0.341 e. The summed E-state index contributed by atoms with van der Waals surface area (Å²) in [4.78, 5) is 27.0. The molecule has 0 aromatic heterocycles. The lowest BCUT2D eigenvalue weighted by molar-refractivity contribution is -0.186. The number of hydrogen-bond donors (Lipinski definition) is 0. The summed E-state index contributed by atoms with van der Waals surface area (Å²) < 4.78 is 13.3. The lowest BCUT2D eigenvalue weighted by Gasteiger charge is -2.46. The lowest BCUT2D eigenvalue weighted by atomic mass is 9.58. The molecule has 0 spiro atoms. The lowest BCUT2D eigenvalue weighted by Crippen LogP contribution is -2.56. The number of ketones is 2. The van der Waals surface area contributed by atoms with Crippen LogP contribution in [0.1, 0.15) is 53.9 Å². The van der Waals surface area contributed by atoms with Gasteiger partial charge < -0.3 is 9.47 Å². The van der Waals surface area contributed by atoms with Gasteiger partial charge in [0, 0.05) is 18.8 Å². The van der Waals surface area contributed by atoms with Crippen molar-refractivity contribution in [2.45, 2.75) is 91.0 Å². The molecule has 6 heteroatoms. The van der Waals surface area contributed by atoms with Gasteiger partial charge in [-0.3, -0.25) is 9.59 Å². The number of fused-ring (bicyclic) bond motifs is 7. The minimum absolute atomic E-state index is 0.00777. The maximum absolute atomic E-state index is 13.7. The van der Waals surface area contributed by atoms with Crippen LogP contribution in [-0.4, -0.2) is 37.1 Å². The summed E-state index contributed by atoms with van der Waals surface area (Å²) in [6.45, 7) is 17.0. The average molecular weight is 442 g/mol. The average Bonchev–Trinajstić information content (AvgIpc) is 2.90. The van der Waals surface area contributed by atoms with Crippen LogP contribution in [0.2, 0.25) is 19.6 Å². The van der Waals surface area contributed by atoms with Crippen molar-refractivity contribution in [3.05, 3.63) is 10.8 Å². The van der Waals surface area contributed by atoms with E-state index in [-0.39, 0.29) is 40.8 Å². The Morgan fingerprint density at radius 2 is 1.71 bits per heavy atom. The predicted molar refractivity (Wildman–Crippen MR) is 118 cm³/mol. The maximum Gasteiger partial charge on any atom is 0.164 e. The number of hydrogen-bond acceptors (Lipinski definition) is 5. The Labute approximate surface area is 186 Å². The third-order valence-corrected chi connectivity index (χ3v) is 11.2. The quantitative estimate of drug-likeness (QED) is 0.563. The van der Waals surface area contributed by atoms with Crippen molar-refractivity contribution in [1.29, 1.82) is 5.26 Å². The molecule has 5 aliphatic rings. The van der Waals surface area contributed by atoms with E-state index in [1.165, 1.54) is 0 Å². The smallest absolute Gasteiger partial charge is 0.164 e. The summed E-state index contributed by atoms with van der Waals surface area (Å²) in [6.07, 6.45) is 0.906. The molecule has 4 fully saturated rings. The van der Waals surface area contributed by atoms with Crippen molar-refractivity contribution in [3.63, 3.8) is 0 Å². The van der Waals surface area contributed by atoms with Gasteiger partial charge in [0.05, 0.1) is 14.1 Å². The molecule has 0 aromatic carbocycles. The maximum atomic E-state index is 13.7. The van der Waals surface area contributed by atoms with E-state index in [1.807, 2.05) is 13.8 Å². The molecule has 0 N–H and O–H groups in total. The number of allylic oxidation sites excluding steroid dienone is 1. The number of carbonyl (C=O) groups excluding carboxylic acids is 2. The Hall–Kier alpha value is -1.29. The standard InChI is InChI=1S/C25H35NO4Si/c1-22(2)14-10-16(28)25(12-26)11-13-9-15(27)19(31(6,7)8)17(13)21-24(5,20(25)18(14)22)30-23(3,4)29-21/h13-14,18,20-21H,9-11H2,1-8H3/t13-,14+,18+,20+,21?,24+,25+/m1/s1. The molecule has 0 bridgehead atoms.